The number of rotatable bonds is 6. The number of fused-ring (bicyclic) bond motifs is 1. The van der Waals surface area contributed by atoms with Crippen LogP contribution >= 0.6 is 0 Å². The first kappa shape index (κ1) is 17.9. The Bertz CT molecular complexity index is 1090. The molecule has 0 saturated carbocycles. The molecule has 0 aliphatic carbocycles. The van der Waals surface area contributed by atoms with Crippen LogP contribution in [0, 0.1) is 5.82 Å². The Morgan fingerprint density at radius 1 is 1.07 bits per heavy atom. The van der Waals surface area contributed by atoms with E-state index in [1.807, 2.05) is 30.3 Å². The quantitative estimate of drug-likeness (QED) is 0.500. The highest BCUT2D eigenvalue weighted by Gasteiger charge is 2.15. The van der Waals surface area contributed by atoms with E-state index >= 15 is 0 Å². The third-order valence-corrected chi connectivity index (χ3v) is 4.50. The van der Waals surface area contributed by atoms with Crippen LogP contribution in [-0.4, -0.2) is 25.8 Å². The molecule has 142 valence electrons. The minimum absolute atomic E-state index is 0.215. The Morgan fingerprint density at radius 2 is 1.89 bits per heavy atom. The zero-order chi connectivity index (χ0) is 19.5. The molecule has 2 aromatic heterocycles. The third-order valence-electron chi connectivity index (χ3n) is 4.50. The second-order valence-corrected chi connectivity index (χ2v) is 6.61. The van der Waals surface area contributed by atoms with Gasteiger partial charge in [0.15, 0.2) is 5.65 Å². The Labute approximate surface area is 162 Å². The zero-order valence-electron chi connectivity index (χ0n) is 15.7. The highest BCUT2D eigenvalue weighted by Crippen LogP contribution is 2.27. The summed E-state index contributed by atoms with van der Waals surface area (Å²) in [7, 11) is 0. The number of nitrogens with one attached hydrogen (secondary N) is 2. The van der Waals surface area contributed by atoms with Crippen LogP contribution in [-0.2, 0) is 0 Å². The topological polar surface area (TPSA) is 67.7 Å². The number of hydrogen-bond donors (Lipinski definition) is 2. The summed E-state index contributed by atoms with van der Waals surface area (Å²) >= 11 is 0. The van der Waals surface area contributed by atoms with Crippen LogP contribution in [0.4, 0.5) is 21.8 Å². The second kappa shape index (κ2) is 7.64. The van der Waals surface area contributed by atoms with Crippen molar-refractivity contribution in [2.24, 2.45) is 0 Å². The smallest absolute Gasteiger partial charge is 0.226 e. The molecule has 2 heterocycles. The Balaban J connectivity index is 1.84. The molecule has 0 bridgehead atoms. The number of halogens is 1. The Kier molecular flexibility index (Phi) is 4.89. The molecule has 0 aliphatic heterocycles. The van der Waals surface area contributed by atoms with Crippen LogP contribution in [0.5, 0.6) is 0 Å². The molecule has 0 unspecified atom stereocenters. The van der Waals surface area contributed by atoms with E-state index in [0.29, 0.717) is 23.1 Å². The van der Waals surface area contributed by atoms with E-state index < -0.39 is 0 Å². The molecule has 0 radical (unpaired) electrons. The average molecular weight is 376 g/mol. The van der Waals surface area contributed by atoms with Gasteiger partial charge in [-0.1, -0.05) is 31.2 Å². The maximum atomic E-state index is 13.6. The van der Waals surface area contributed by atoms with Gasteiger partial charge >= 0.3 is 0 Å². The van der Waals surface area contributed by atoms with Crippen molar-refractivity contribution in [3.63, 3.8) is 0 Å². The lowest BCUT2D eigenvalue weighted by atomic mass is 10.2. The van der Waals surface area contributed by atoms with Gasteiger partial charge in [0.1, 0.15) is 11.6 Å². The van der Waals surface area contributed by atoms with E-state index in [-0.39, 0.29) is 11.9 Å². The van der Waals surface area contributed by atoms with Crippen molar-refractivity contribution in [1.82, 2.24) is 19.7 Å². The van der Waals surface area contributed by atoms with E-state index in [9.17, 15) is 4.39 Å². The number of aromatic nitrogens is 4. The monoisotopic (exact) mass is 376 g/mol. The fourth-order valence-corrected chi connectivity index (χ4v) is 2.85. The van der Waals surface area contributed by atoms with Gasteiger partial charge in [0, 0.05) is 11.7 Å². The van der Waals surface area contributed by atoms with E-state index in [4.69, 9.17) is 0 Å². The van der Waals surface area contributed by atoms with Gasteiger partial charge in [0.05, 0.1) is 17.3 Å². The number of para-hydroxylation sites is 1. The molecule has 4 aromatic rings. The standard InChI is InChI=1S/C21H21FN6/c1-3-14(2)24-21-26-19(25-16-9-7-8-15(22)12-16)18-13-23-28(20(18)27-21)17-10-5-4-6-11-17/h4-14H,3H2,1-2H3,(H2,24,25,26,27)/t14-/m0/s1. The summed E-state index contributed by atoms with van der Waals surface area (Å²) < 4.78 is 15.4. The molecule has 6 nitrogen and oxygen atoms in total. The minimum Gasteiger partial charge on any atom is -0.352 e. The maximum absolute atomic E-state index is 13.6. The first-order valence-corrected chi connectivity index (χ1v) is 9.24. The predicted octanol–water partition coefficient (Wildman–Crippen LogP) is 4.91. The predicted molar refractivity (Wildman–Crippen MR) is 110 cm³/mol. The normalized spacial score (nSPS) is 12.1. The summed E-state index contributed by atoms with van der Waals surface area (Å²) in [6, 6.07) is 16.3. The molecule has 28 heavy (non-hydrogen) atoms. The van der Waals surface area contributed by atoms with Gasteiger partial charge in [-0.15, -0.1) is 0 Å². The van der Waals surface area contributed by atoms with Crippen molar-refractivity contribution < 1.29 is 4.39 Å². The zero-order valence-corrected chi connectivity index (χ0v) is 15.7. The van der Waals surface area contributed by atoms with Gasteiger partial charge in [0.25, 0.3) is 0 Å². The van der Waals surface area contributed by atoms with Gasteiger partial charge in [-0.25, -0.2) is 9.07 Å². The molecular formula is C21H21FN6. The average Bonchev–Trinajstić information content (AvgIpc) is 3.13. The number of nitrogens with zero attached hydrogens (tertiary/aromatic N) is 4. The van der Waals surface area contributed by atoms with E-state index in [0.717, 1.165) is 17.5 Å². The molecule has 0 amide bonds. The van der Waals surface area contributed by atoms with Crippen molar-refractivity contribution in [1.29, 1.82) is 0 Å². The lowest BCUT2D eigenvalue weighted by molar-refractivity contribution is 0.628. The summed E-state index contributed by atoms with van der Waals surface area (Å²) in [6.45, 7) is 4.16. The van der Waals surface area contributed by atoms with Gasteiger partial charge in [-0.3, -0.25) is 0 Å². The van der Waals surface area contributed by atoms with Crippen LogP contribution in [0.25, 0.3) is 16.7 Å². The number of anilines is 3. The fraction of sp³-hybridized carbons (Fsp3) is 0.190. The maximum Gasteiger partial charge on any atom is 0.226 e. The summed E-state index contributed by atoms with van der Waals surface area (Å²) in [5.41, 5.74) is 2.19. The molecule has 0 fully saturated rings. The summed E-state index contributed by atoms with van der Waals surface area (Å²) in [5.74, 6) is 0.759. The van der Waals surface area contributed by atoms with Crippen molar-refractivity contribution >= 4 is 28.5 Å². The third kappa shape index (κ3) is 3.64. The van der Waals surface area contributed by atoms with Crippen LogP contribution in [0.1, 0.15) is 20.3 Å². The molecule has 2 N–H and O–H groups in total. The van der Waals surface area contributed by atoms with Crippen molar-refractivity contribution in [2.75, 3.05) is 10.6 Å². The van der Waals surface area contributed by atoms with E-state index in [2.05, 4.69) is 39.5 Å². The van der Waals surface area contributed by atoms with Gasteiger partial charge in [0.2, 0.25) is 5.95 Å². The number of hydrogen-bond acceptors (Lipinski definition) is 5. The fourth-order valence-electron chi connectivity index (χ4n) is 2.85. The molecule has 4 rings (SSSR count). The largest absolute Gasteiger partial charge is 0.352 e. The molecule has 7 heteroatoms. The van der Waals surface area contributed by atoms with Crippen LogP contribution in [0.15, 0.2) is 60.8 Å². The molecule has 0 saturated heterocycles. The Morgan fingerprint density at radius 3 is 2.64 bits per heavy atom. The molecule has 2 aromatic carbocycles. The van der Waals surface area contributed by atoms with Gasteiger partial charge in [-0.2, -0.15) is 15.1 Å². The summed E-state index contributed by atoms with van der Waals surface area (Å²) in [5, 5.41) is 11.8. The molecular weight excluding hydrogens is 355 g/mol. The molecule has 0 spiro atoms. The molecule has 1 atom stereocenters. The van der Waals surface area contributed by atoms with Gasteiger partial charge in [-0.05, 0) is 43.7 Å². The van der Waals surface area contributed by atoms with Crippen molar-refractivity contribution in [3.05, 3.63) is 66.6 Å². The van der Waals surface area contributed by atoms with E-state index in [1.165, 1.54) is 12.1 Å². The van der Waals surface area contributed by atoms with Crippen molar-refractivity contribution in [3.8, 4) is 5.69 Å². The number of benzene rings is 2. The summed E-state index contributed by atoms with van der Waals surface area (Å²) in [6.07, 6.45) is 2.66. The highest BCUT2D eigenvalue weighted by molar-refractivity contribution is 5.90. The van der Waals surface area contributed by atoms with E-state index in [1.54, 1.807) is 23.0 Å². The summed E-state index contributed by atoms with van der Waals surface area (Å²) in [4.78, 5) is 9.30. The highest BCUT2D eigenvalue weighted by atomic mass is 19.1. The van der Waals surface area contributed by atoms with Crippen LogP contribution in [0.3, 0.4) is 0 Å². The Hall–Kier alpha value is -3.48. The van der Waals surface area contributed by atoms with Crippen LogP contribution < -0.4 is 10.6 Å². The first-order chi connectivity index (χ1) is 13.6. The minimum atomic E-state index is -0.312. The second-order valence-electron chi connectivity index (χ2n) is 6.61. The SMILES string of the molecule is CC[C@H](C)Nc1nc(Nc2cccc(F)c2)c2cnn(-c3ccccc3)c2n1. The van der Waals surface area contributed by atoms with Crippen molar-refractivity contribution in [2.45, 2.75) is 26.3 Å². The molecule has 0 aliphatic rings. The van der Waals surface area contributed by atoms with Crippen LogP contribution in [0.2, 0.25) is 0 Å². The lowest BCUT2D eigenvalue weighted by Crippen LogP contribution is -2.16. The first-order valence-electron chi connectivity index (χ1n) is 9.24. The lowest BCUT2D eigenvalue weighted by Gasteiger charge is -2.14. The van der Waals surface area contributed by atoms with Gasteiger partial charge < -0.3 is 10.6 Å².